The molecule has 2 aromatic carbocycles. The van der Waals surface area contributed by atoms with Gasteiger partial charge in [-0.15, -0.1) is 0 Å². The molecule has 0 heterocycles. The first-order valence-electron chi connectivity index (χ1n) is 5.90. The zero-order valence-corrected chi connectivity index (χ0v) is 10.6. The van der Waals surface area contributed by atoms with Crippen LogP contribution in [0.25, 0.3) is 0 Å². The second-order valence-corrected chi connectivity index (χ2v) is 4.17. The molecule has 2 aromatic rings. The molecule has 6 heteroatoms. The normalized spacial score (nSPS) is 11.0. The Morgan fingerprint density at radius 1 is 1.05 bits per heavy atom. The molecule has 0 aliphatic rings. The van der Waals surface area contributed by atoms with Gasteiger partial charge in [-0.1, -0.05) is 24.3 Å². The van der Waals surface area contributed by atoms with Crippen molar-refractivity contribution in [2.24, 2.45) is 0 Å². The lowest BCUT2D eigenvalue weighted by Gasteiger charge is -2.14. The Bertz CT molecular complexity index is 689. The highest BCUT2D eigenvalue weighted by Gasteiger charge is 2.33. The zero-order valence-electron chi connectivity index (χ0n) is 10.6. The summed E-state index contributed by atoms with van der Waals surface area (Å²) in [5.41, 5.74) is -1.24. The molecule has 0 N–H and O–H groups in total. The highest BCUT2D eigenvalue weighted by molar-refractivity contribution is 5.44. The minimum Gasteiger partial charge on any atom is -0.487 e. The van der Waals surface area contributed by atoms with E-state index in [0.717, 1.165) is 12.1 Å². The van der Waals surface area contributed by atoms with E-state index in [4.69, 9.17) is 10.00 Å². The molecule has 0 atom stereocenters. The minimum atomic E-state index is -4.50. The number of alkyl halides is 3. The third-order valence-electron chi connectivity index (χ3n) is 2.79. The van der Waals surface area contributed by atoms with Gasteiger partial charge >= 0.3 is 6.18 Å². The van der Waals surface area contributed by atoms with Gasteiger partial charge in [-0.2, -0.15) is 18.4 Å². The number of nitrogens with zero attached hydrogens (tertiary/aromatic N) is 1. The van der Waals surface area contributed by atoms with Crippen molar-refractivity contribution in [3.05, 3.63) is 65.0 Å². The maximum absolute atomic E-state index is 13.4. The van der Waals surface area contributed by atoms with E-state index in [9.17, 15) is 17.6 Å². The molecule has 2 rings (SSSR count). The molecule has 0 saturated carbocycles. The van der Waals surface area contributed by atoms with Gasteiger partial charge in [0, 0.05) is 5.56 Å². The number of hydrogen-bond acceptors (Lipinski definition) is 2. The summed E-state index contributed by atoms with van der Waals surface area (Å²) >= 11 is 0. The quantitative estimate of drug-likeness (QED) is 0.791. The molecule has 0 aromatic heterocycles. The Morgan fingerprint density at radius 3 is 2.43 bits per heavy atom. The summed E-state index contributed by atoms with van der Waals surface area (Å²) in [5.74, 6) is -0.867. The van der Waals surface area contributed by atoms with Crippen molar-refractivity contribution in [3.8, 4) is 11.8 Å². The number of rotatable bonds is 3. The van der Waals surface area contributed by atoms with Crippen molar-refractivity contribution in [2.75, 3.05) is 0 Å². The highest BCUT2D eigenvalue weighted by atomic mass is 19.4. The molecule has 0 saturated heterocycles. The Labute approximate surface area is 118 Å². The lowest BCUT2D eigenvalue weighted by Crippen LogP contribution is -2.11. The summed E-state index contributed by atoms with van der Waals surface area (Å²) < 4.78 is 57.0. The number of hydrogen-bond donors (Lipinski definition) is 0. The highest BCUT2D eigenvalue weighted by Crippen LogP contribution is 2.32. The van der Waals surface area contributed by atoms with E-state index >= 15 is 0 Å². The van der Waals surface area contributed by atoms with Crippen LogP contribution in [-0.2, 0) is 12.8 Å². The van der Waals surface area contributed by atoms with Crippen molar-refractivity contribution in [3.63, 3.8) is 0 Å². The molecule has 0 aliphatic carbocycles. The fraction of sp³-hybridized carbons (Fsp3) is 0.133. The lowest BCUT2D eigenvalue weighted by atomic mass is 10.1. The van der Waals surface area contributed by atoms with Crippen LogP contribution in [0, 0.1) is 17.1 Å². The lowest BCUT2D eigenvalue weighted by molar-refractivity contribution is -0.138. The van der Waals surface area contributed by atoms with E-state index < -0.39 is 24.2 Å². The van der Waals surface area contributed by atoms with Crippen LogP contribution < -0.4 is 4.74 Å². The van der Waals surface area contributed by atoms with E-state index in [1.54, 1.807) is 6.07 Å². The first kappa shape index (κ1) is 14.9. The molecule has 0 fully saturated rings. The standard InChI is InChI=1S/C15H9F4NO/c16-13-6-3-7-14(11(13)8-20)21-9-10-4-1-2-5-12(10)15(17,18)19/h1-7H,9H2. The summed E-state index contributed by atoms with van der Waals surface area (Å²) in [6, 6.07) is 10.3. The summed E-state index contributed by atoms with van der Waals surface area (Å²) in [5, 5.41) is 8.83. The first-order chi connectivity index (χ1) is 9.93. The van der Waals surface area contributed by atoms with E-state index in [1.807, 2.05) is 0 Å². The SMILES string of the molecule is N#Cc1c(F)cccc1OCc1ccccc1C(F)(F)F. The monoisotopic (exact) mass is 295 g/mol. The molecule has 0 spiro atoms. The van der Waals surface area contributed by atoms with Crippen LogP contribution in [0.5, 0.6) is 5.75 Å². The summed E-state index contributed by atoms with van der Waals surface area (Å²) in [6.07, 6.45) is -4.50. The third kappa shape index (κ3) is 3.31. The average Bonchev–Trinajstić information content (AvgIpc) is 2.44. The maximum atomic E-state index is 13.4. The molecule has 0 aliphatic heterocycles. The van der Waals surface area contributed by atoms with E-state index in [0.29, 0.717) is 0 Å². The van der Waals surface area contributed by atoms with Gasteiger partial charge in [0.05, 0.1) is 5.56 Å². The van der Waals surface area contributed by atoms with E-state index in [-0.39, 0.29) is 16.9 Å². The molecular weight excluding hydrogens is 286 g/mol. The van der Waals surface area contributed by atoms with E-state index in [1.165, 1.54) is 30.3 Å². The van der Waals surface area contributed by atoms with Gasteiger partial charge in [-0.05, 0) is 18.2 Å². The van der Waals surface area contributed by atoms with Crippen LogP contribution in [0.2, 0.25) is 0 Å². The van der Waals surface area contributed by atoms with Crippen molar-refractivity contribution in [1.29, 1.82) is 5.26 Å². The largest absolute Gasteiger partial charge is 0.487 e. The Hall–Kier alpha value is -2.55. The molecule has 0 radical (unpaired) electrons. The topological polar surface area (TPSA) is 33.0 Å². The second kappa shape index (κ2) is 5.83. The van der Waals surface area contributed by atoms with E-state index in [2.05, 4.69) is 0 Å². The summed E-state index contributed by atoms with van der Waals surface area (Å²) in [6.45, 7) is -0.409. The van der Waals surface area contributed by atoms with Crippen molar-refractivity contribution in [2.45, 2.75) is 12.8 Å². The zero-order chi connectivity index (χ0) is 15.5. The second-order valence-electron chi connectivity index (χ2n) is 4.17. The number of nitriles is 1. The summed E-state index contributed by atoms with van der Waals surface area (Å²) in [7, 11) is 0. The van der Waals surface area contributed by atoms with Gasteiger partial charge in [0.1, 0.15) is 29.8 Å². The Kier molecular flexibility index (Phi) is 4.13. The number of ether oxygens (including phenoxy) is 1. The maximum Gasteiger partial charge on any atom is 0.416 e. The Balaban J connectivity index is 2.26. The molecule has 21 heavy (non-hydrogen) atoms. The molecule has 108 valence electrons. The minimum absolute atomic E-state index is 0.0850. The Morgan fingerprint density at radius 2 is 1.76 bits per heavy atom. The van der Waals surface area contributed by atoms with Gasteiger partial charge in [0.25, 0.3) is 0 Å². The fourth-order valence-corrected chi connectivity index (χ4v) is 1.81. The molecule has 0 amide bonds. The molecular formula is C15H9F4NO. The van der Waals surface area contributed by atoms with Gasteiger partial charge in [-0.3, -0.25) is 0 Å². The molecule has 0 unspecified atom stereocenters. The van der Waals surface area contributed by atoms with Gasteiger partial charge in [0.2, 0.25) is 0 Å². The van der Waals surface area contributed by atoms with Crippen LogP contribution >= 0.6 is 0 Å². The van der Waals surface area contributed by atoms with Gasteiger partial charge < -0.3 is 4.74 Å². The van der Waals surface area contributed by atoms with Crippen LogP contribution in [0.4, 0.5) is 17.6 Å². The van der Waals surface area contributed by atoms with Crippen LogP contribution in [0.3, 0.4) is 0 Å². The average molecular weight is 295 g/mol. The number of benzene rings is 2. The molecule has 0 bridgehead atoms. The number of halogens is 4. The third-order valence-corrected chi connectivity index (χ3v) is 2.79. The van der Waals surface area contributed by atoms with Gasteiger partial charge in [0.15, 0.2) is 0 Å². The predicted octanol–water partition coefficient (Wildman–Crippen LogP) is 4.30. The predicted molar refractivity (Wildman–Crippen MR) is 66.9 cm³/mol. The van der Waals surface area contributed by atoms with Gasteiger partial charge in [-0.25, -0.2) is 4.39 Å². The molecule has 2 nitrogen and oxygen atoms in total. The smallest absolute Gasteiger partial charge is 0.416 e. The van der Waals surface area contributed by atoms with Crippen LogP contribution in [-0.4, -0.2) is 0 Å². The summed E-state index contributed by atoms with van der Waals surface area (Å²) in [4.78, 5) is 0. The first-order valence-corrected chi connectivity index (χ1v) is 5.90. The van der Waals surface area contributed by atoms with Crippen molar-refractivity contribution in [1.82, 2.24) is 0 Å². The van der Waals surface area contributed by atoms with Crippen LogP contribution in [0.1, 0.15) is 16.7 Å². The fourth-order valence-electron chi connectivity index (χ4n) is 1.81. The van der Waals surface area contributed by atoms with Crippen molar-refractivity contribution >= 4 is 0 Å². The van der Waals surface area contributed by atoms with Crippen LogP contribution in [0.15, 0.2) is 42.5 Å². The van der Waals surface area contributed by atoms with Crippen molar-refractivity contribution < 1.29 is 22.3 Å².